The Hall–Kier alpha value is -0.750. The number of hydrogen-bond acceptors (Lipinski definition) is 3. The Balaban J connectivity index is 3.41. The van der Waals surface area contributed by atoms with Crippen molar-refractivity contribution in [2.24, 2.45) is 0 Å². The summed E-state index contributed by atoms with van der Waals surface area (Å²) in [6, 6.07) is 0. The number of carbonyl (C=O) groups excluding carboxylic acids is 1. The van der Waals surface area contributed by atoms with E-state index in [1.165, 1.54) is 0 Å². The molecule has 14 heavy (non-hydrogen) atoms. The Bertz CT molecular complexity index is 386. The second kappa shape index (κ2) is 4.18. The molecular formula is C7H3BrClF2NO2. The second-order valence-corrected chi connectivity index (χ2v) is 3.43. The minimum atomic E-state index is -2.91. The van der Waals surface area contributed by atoms with E-state index in [0.29, 0.717) is 0 Å². The first kappa shape index (κ1) is 11.3. The van der Waals surface area contributed by atoms with Crippen LogP contribution in [0.1, 0.15) is 22.5 Å². The number of aromatic hydroxyl groups is 1. The van der Waals surface area contributed by atoms with Crippen molar-refractivity contribution in [1.29, 1.82) is 0 Å². The molecule has 0 unspecified atom stereocenters. The molecule has 1 heterocycles. The van der Waals surface area contributed by atoms with Gasteiger partial charge in [-0.25, -0.2) is 13.8 Å². The monoisotopic (exact) mass is 285 g/mol. The van der Waals surface area contributed by atoms with Crippen molar-refractivity contribution in [3.05, 3.63) is 21.9 Å². The Labute approximate surface area is 90.8 Å². The summed E-state index contributed by atoms with van der Waals surface area (Å²) in [6.07, 6.45) is -2.16. The van der Waals surface area contributed by atoms with Gasteiger partial charge in [0.05, 0.1) is 16.2 Å². The minimum Gasteiger partial charge on any atom is -0.506 e. The summed E-state index contributed by atoms with van der Waals surface area (Å²) in [5.41, 5.74) is -1.04. The maximum atomic E-state index is 12.4. The molecule has 1 aromatic rings. The molecule has 0 aliphatic carbocycles. The molecule has 1 aromatic heterocycles. The van der Waals surface area contributed by atoms with E-state index in [2.05, 4.69) is 20.9 Å². The highest BCUT2D eigenvalue weighted by atomic mass is 79.9. The van der Waals surface area contributed by atoms with Crippen LogP contribution in [0.5, 0.6) is 5.75 Å². The van der Waals surface area contributed by atoms with Crippen molar-refractivity contribution in [2.45, 2.75) is 6.43 Å². The molecule has 0 amide bonds. The number of carbonyl (C=O) groups is 1. The van der Waals surface area contributed by atoms with Gasteiger partial charge >= 0.3 is 0 Å². The van der Waals surface area contributed by atoms with Gasteiger partial charge in [0.2, 0.25) is 0 Å². The normalized spacial score (nSPS) is 10.6. The molecule has 0 fully saturated rings. The molecule has 0 aliphatic heterocycles. The molecule has 0 aromatic carbocycles. The van der Waals surface area contributed by atoms with Crippen molar-refractivity contribution >= 4 is 32.8 Å². The minimum absolute atomic E-state index is 0.285. The highest BCUT2D eigenvalue weighted by Crippen LogP contribution is 2.36. The summed E-state index contributed by atoms with van der Waals surface area (Å²) in [5.74, 6) is -0.687. The maximum absolute atomic E-state index is 12.4. The first-order chi connectivity index (χ1) is 6.45. The summed E-state index contributed by atoms with van der Waals surface area (Å²) >= 11 is 7.80. The molecule has 1 rings (SSSR count). The van der Waals surface area contributed by atoms with Gasteiger partial charge in [-0.1, -0.05) is 0 Å². The Morgan fingerprint density at radius 3 is 2.64 bits per heavy atom. The zero-order chi connectivity index (χ0) is 10.9. The quantitative estimate of drug-likeness (QED) is 0.851. The van der Waals surface area contributed by atoms with Crippen molar-refractivity contribution in [2.75, 3.05) is 0 Å². The summed E-state index contributed by atoms with van der Waals surface area (Å²) < 4.78 is 24.4. The van der Waals surface area contributed by atoms with Crippen LogP contribution in [0.25, 0.3) is 0 Å². The number of nitrogens with zero attached hydrogens (tertiary/aromatic N) is 1. The molecule has 3 nitrogen and oxygen atoms in total. The molecule has 0 bridgehead atoms. The number of alkyl halides is 2. The molecule has 0 atom stereocenters. The van der Waals surface area contributed by atoms with Gasteiger partial charge in [-0.05, 0) is 27.5 Å². The number of rotatable bonds is 2. The number of pyridine rings is 1. The summed E-state index contributed by atoms with van der Waals surface area (Å²) in [4.78, 5) is 14.1. The van der Waals surface area contributed by atoms with Gasteiger partial charge in [0, 0.05) is 0 Å². The average Bonchev–Trinajstić information content (AvgIpc) is 2.02. The van der Waals surface area contributed by atoms with E-state index in [1.807, 2.05) is 0 Å². The molecule has 0 radical (unpaired) electrons. The van der Waals surface area contributed by atoms with Gasteiger partial charge in [0.25, 0.3) is 11.7 Å². The van der Waals surface area contributed by atoms with Gasteiger partial charge in [0.15, 0.2) is 0 Å². The lowest BCUT2D eigenvalue weighted by Crippen LogP contribution is -2.00. The number of halogens is 4. The molecule has 0 spiro atoms. The maximum Gasteiger partial charge on any atom is 0.272 e. The van der Waals surface area contributed by atoms with Crippen LogP contribution in [0.2, 0.25) is 0 Å². The summed E-state index contributed by atoms with van der Waals surface area (Å²) in [7, 11) is 0. The van der Waals surface area contributed by atoms with Gasteiger partial charge in [0.1, 0.15) is 11.4 Å². The first-order valence-corrected chi connectivity index (χ1v) is 4.47. The molecule has 0 aliphatic rings. The van der Waals surface area contributed by atoms with Crippen molar-refractivity contribution in [1.82, 2.24) is 4.98 Å². The third-order valence-corrected chi connectivity index (χ3v) is 2.42. The van der Waals surface area contributed by atoms with Gasteiger partial charge < -0.3 is 5.11 Å². The number of aromatic nitrogens is 1. The van der Waals surface area contributed by atoms with Crippen LogP contribution >= 0.6 is 27.5 Å². The third-order valence-electron chi connectivity index (χ3n) is 1.44. The van der Waals surface area contributed by atoms with Gasteiger partial charge in [-0.15, -0.1) is 0 Å². The van der Waals surface area contributed by atoms with Crippen LogP contribution in [0, 0.1) is 0 Å². The molecule has 76 valence electrons. The lowest BCUT2D eigenvalue weighted by molar-refractivity contribution is 0.107. The zero-order valence-electron chi connectivity index (χ0n) is 6.47. The summed E-state index contributed by atoms with van der Waals surface area (Å²) in [6.45, 7) is 0. The SMILES string of the molecule is O=C(Cl)c1ncc(O)c(C(F)F)c1Br. The largest absolute Gasteiger partial charge is 0.506 e. The van der Waals surface area contributed by atoms with E-state index >= 15 is 0 Å². The molecule has 0 saturated heterocycles. The number of hydrogen-bond donors (Lipinski definition) is 1. The molecule has 1 N–H and O–H groups in total. The lowest BCUT2D eigenvalue weighted by Gasteiger charge is -2.07. The molecular weight excluding hydrogens is 283 g/mol. The van der Waals surface area contributed by atoms with Crippen LogP contribution in [0.15, 0.2) is 10.7 Å². The van der Waals surface area contributed by atoms with E-state index in [-0.39, 0.29) is 10.2 Å². The fraction of sp³-hybridized carbons (Fsp3) is 0.143. The van der Waals surface area contributed by atoms with E-state index in [9.17, 15) is 13.6 Å². The highest BCUT2D eigenvalue weighted by Gasteiger charge is 2.22. The summed E-state index contributed by atoms with van der Waals surface area (Å²) in [5, 5.41) is 8.07. The van der Waals surface area contributed by atoms with Crippen molar-refractivity contribution < 1.29 is 18.7 Å². The van der Waals surface area contributed by atoms with Crippen molar-refractivity contribution in [3.63, 3.8) is 0 Å². The van der Waals surface area contributed by atoms with Crippen molar-refractivity contribution in [3.8, 4) is 5.75 Å². The lowest BCUT2D eigenvalue weighted by atomic mass is 10.2. The van der Waals surface area contributed by atoms with E-state index in [1.54, 1.807) is 0 Å². The van der Waals surface area contributed by atoms with Crippen LogP contribution in [0.3, 0.4) is 0 Å². The molecule has 0 saturated carbocycles. The predicted octanol–water partition coefficient (Wildman–Crippen LogP) is 2.87. The van der Waals surface area contributed by atoms with E-state index < -0.39 is 23.0 Å². The molecule has 7 heteroatoms. The predicted molar refractivity (Wildman–Crippen MR) is 48.7 cm³/mol. The van der Waals surface area contributed by atoms with E-state index in [0.717, 1.165) is 6.20 Å². The van der Waals surface area contributed by atoms with Crippen LogP contribution in [-0.4, -0.2) is 15.3 Å². The second-order valence-electron chi connectivity index (χ2n) is 2.29. The van der Waals surface area contributed by atoms with Gasteiger partial charge in [-0.3, -0.25) is 4.79 Å². The van der Waals surface area contributed by atoms with Crippen LogP contribution < -0.4 is 0 Å². The van der Waals surface area contributed by atoms with E-state index in [4.69, 9.17) is 16.7 Å². The highest BCUT2D eigenvalue weighted by molar-refractivity contribution is 9.10. The smallest absolute Gasteiger partial charge is 0.272 e. The average molecular weight is 286 g/mol. The topological polar surface area (TPSA) is 50.2 Å². The Kier molecular flexibility index (Phi) is 3.38. The van der Waals surface area contributed by atoms with Gasteiger partial charge in [-0.2, -0.15) is 0 Å². The Morgan fingerprint density at radius 2 is 2.21 bits per heavy atom. The van der Waals surface area contributed by atoms with Crippen LogP contribution in [-0.2, 0) is 0 Å². The fourth-order valence-corrected chi connectivity index (χ4v) is 1.75. The van der Waals surface area contributed by atoms with Crippen LogP contribution in [0.4, 0.5) is 8.78 Å². The first-order valence-electron chi connectivity index (χ1n) is 3.30. The standard InChI is InChI=1S/C7H3BrClF2NO2/c8-4-3(7(10)11)2(13)1-12-5(4)6(9)14/h1,7,13H. The Morgan fingerprint density at radius 1 is 1.64 bits per heavy atom. The third kappa shape index (κ3) is 2.01. The zero-order valence-corrected chi connectivity index (χ0v) is 8.81. The fourth-order valence-electron chi connectivity index (χ4n) is 0.837.